The fourth-order valence-corrected chi connectivity index (χ4v) is 2.72. The molecular formula is C18H18O2. The van der Waals surface area contributed by atoms with Crippen LogP contribution in [0.2, 0.25) is 0 Å². The van der Waals surface area contributed by atoms with Gasteiger partial charge in [-0.05, 0) is 30.5 Å². The van der Waals surface area contributed by atoms with E-state index < -0.39 is 0 Å². The van der Waals surface area contributed by atoms with E-state index in [0.717, 1.165) is 35.3 Å². The largest absolute Gasteiger partial charge is 0.457 e. The zero-order chi connectivity index (χ0) is 13.9. The van der Waals surface area contributed by atoms with Crippen molar-refractivity contribution in [2.45, 2.75) is 32.1 Å². The molecule has 2 aromatic carbocycles. The Kier molecular flexibility index (Phi) is 3.55. The average molecular weight is 266 g/mol. The van der Waals surface area contributed by atoms with Gasteiger partial charge in [-0.15, -0.1) is 0 Å². The summed E-state index contributed by atoms with van der Waals surface area (Å²) >= 11 is 0. The first-order valence-corrected chi connectivity index (χ1v) is 7.18. The van der Waals surface area contributed by atoms with Crippen LogP contribution in [0.1, 0.15) is 42.4 Å². The molecular weight excluding hydrogens is 248 g/mol. The molecule has 0 bridgehead atoms. The fourth-order valence-electron chi connectivity index (χ4n) is 2.72. The summed E-state index contributed by atoms with van der Waals surface area (Å²) in [7, 11) is 0. The van der Waals surface area contributed by atoms with Crippen LogP contribution in [0.4, 0.5) is 0 Å². The third kappa shape index (κ3) is 2.22. The molecule has 0 radical (unpaired) electrons. The Morgan fingerprint density at radius 2 is 1.90 bits per heavy atom. The Balaban J connectivity index is 2.01. The van der Waals surface area contributed by atoms with E-state index in [0.29, 0.717) is 0 Å². The van der Waals surface area contributed by atoms with Crippen molar-refractivity contribution >= 4 is 6.29 Å². The van der Waals surface area contributed by atoms with Crippen LogP contribution in [0.25, 0.3) is 0 Å². The van der Waals surface area contributed by atoms with Gasteiger partial charge in [0.15, 0.2) is 0 Å². The molecule has 0 saturated carbocycles. The van der Waals surface area contributed by atoms with Crippen molar-refractivity contribution in [3.05, 3.63) is 59.2 Å². The predicted octanol–water partition coefficient (Wildman–Crippen LogP) is 4.47. The van der Waals surface area contributed by atoms with Crippen LogP contribution in [0.3, 0.4) is 0 Å². The van der Waals surface area contributed by atoms with E-state index in [4.69, 9.17) is 4.74 Å². The molecule has 1 aliphatic heterocycles. The van der Waals surface area contributed by atoms with Gasteiger partial charge in [0, 0.05) is 11.1 Å². The first-order valence-electron chi connectivity index (χ1n) is 7.18. The molecule has 1 aliphatic rings. The topological polar surface area (TPSA) is 26.3 Å². The molecule has 20 heavy (non-hydrogen) atoms. The number of aryl methyl sites for hydroxylation is 1. The third-order valence-corrected chi connectivity index (χ3v) is 3.84. The molecule has 0 fully saturated rings. The quantitative estimate of drug-likeness (QED) is 0.763. The summed E-state index contributed by atoms with van der Waals surface area (Å²) in [6.07, 6.45) is 4.41. The zero-order valence-corrected chi connectivity index (χ0v) is 11.6. The molecule has 102 valence electrons. The lowest BCUT2D eigenvalue weighted by Gasteiger charge is -2.25. The van der Waals surface area contributed by atoms with Gasteiger partial charge < -0.3 is 9.53 Å². The van der Waals surface area contributed by atoms with Crippen LogP contribution in [0.5, 0.6) is 11.5 Å². The van der Waals surface area contributed by atoms with Gasteiger partial charge in [0.25, 0.3) is 0 Å². The molecule has 1 unspecified atom stereocenters. The number of aldehydes is 1. The molecule has 0 aromatic heterocycles. The average Bonchev–Trinajstić information content (AvgIpc) is 2.50. The summed E-state index contributed by atoms with van der Waals surface area (Å²) in [6, 6.07) is 14.0. The molecule has 2 nitrogen and oxygen atoms in total. The first-order chi connectivity index (χ1) is 9.83. The maximum absolute atomic E-state index is 11.5. The van der Waals surface area contributed by atoms with Gasteiger partial charge in [-0.2, -0.15) is 0 Å². The van der Waals surface area contributed by atoms with E-state index in [1.165, 1.54) is 18.4 Å². The second-order valence-electron chi connectivity index (χ2n) is 5.23. The van der Waals surface area contributed by atoms with Crippen LogP contribution in [-0.4, -0.2) is 6.29 Å². The van der Waals surface area contributed by atoms with E-state index >= 15 is 0 Å². The van der Waals surface area contributed by atoms with Gasteiger partial charge >= 0.3 is 0 Å². The van der Waals surface area contributed by atoms with Crippen LogP contribution < -0.4 is 4.74 Å². The highest BCUT2D eigenvalue weighted by Crippen LogP contribution is 2.43. The third-order valence-electron chi connectivity index (χ3n) is 3.84. The van der Waals surface area contributed by atoms with Crippen molar-refractivity contribution in [2.24, 2.45) is 0 Å². The monoisotopic (exact) mass is 266 g/mol. The lowest BCUT2D eigenvalue weighted by molar-refractivity contribution is -0.108. The Bertz CT molecular complexity index is 631. The molecule has 0 amide bonds. The Morgan fingerprint density at radius 3 is 2.70 bits per heavy atom. The van der Waals surface area contributed by atoms with Crippen molar-refractivity contribution in [3.8, 4) is 11.5 Å². The van der Waals surface area contributed by atoms with E-state index in [-0.39, 0.29) is 5.92 Å². The lowest BCUT2D eigenvalue weighted by Crippen LogP contribution is -2.11. The van der Waals surface area contributed by atoms with Crippen LogP contribution in [-0.2, 0) is 11.2 Å². The SMILES string of the molecule is CCCCc1ccc2c(c1)Oc1ccccc1C2C=O. The number of carbonyl (C=O) groups excluding carboxylic acids is 1. The van der Waals surface area contributed by atoms with Gasteiger partial charge in [0.05, 0.1) is 5.92 Å². The number of benzene rings is 2. The molecule has 0 N–H and O–H groups in total. The Labute approximate surface area is 119 Å². The standard InChI is InChI=1S/C18H18O2/c1-2-3-6-13-9-10-15-16(12-19)14-7-4-5-8-17(14)20-18(15)11-13/h4-5,7-12,16H,2-3,6H2,1H3. The summed E-state index contributed by atoms with van der Waals surface area (Å²) in [4.78, 5) is 11.5. The fraction of sp³-hybridized carbons (Fsp3) is 0.278. The number of carbonyl (C=O) groups is 1. The van der Waals surface area contributed by atoms with Crippen molar-refractivity contribution in [3.63, 3.8) is 0 Å². The van der Waals surface area contributed by atoms with Crippen LogP contribution in [0.15, 0.2) is 42.5 Å². The smallest absolute Gasteiger partial charge is 0.132 e. The minimum atomic E-state index is -0.213. The molecule has 2 heteroatoms. The van der Waals surface area contributed by atoms with Crippen molar-refractivity contribution < 1.29 is 9.53 Å². The second kappa shape index (κ2) is 5.49. The predicted molar refractivity (Wildman–Crippen MR) is 79.5 cm³/mol. The van der Waals surface area contributed by atoms with E-state index in [1.54, 1.807) is 0 Å². The first kappa shape index (κ1) is 12.9. The maximum Gasteiger partial charge on any atom is 0.132 e. The number of rotatable bonds is 4. The van der Waals surface area contributed by atoms with Crippen LogP contribution in [0, 0.1) is 0 Å². The van der Waals surface area contributed by atoms with Gasteiger partial charge in [-0.25, -0.2) is 0 Å². The number of unbranched alkanes of at least 4 members (excludes halogenated alkanes) is 1. The maximum atomic E-state index is 11.5. The number of ether oxygens (including phenoxy) is 1. The normalized spacial score (nSPS) is 15.9. The zero-order valence-electron chi connectivity index (χ0n) is 11.6. The van der Waals surface area contributed by atoms with Gasteiger partial charge in [-0.3, -0.25) is 0 Å². The number of hydrogen-bond acceptors (Lipinski definition) is 2. The van der Waals surface area contributed by atoms with E-state index in [1.807, 2.05) is 30.3 Å². The lowest BCUT2D eigenvalue weighted by atomic mass is 9.88. The molecule has 1 heterocycles. The van der Waals surface area contributed by atoms with Gasteiger partial charge in [0.1, 0.15) is 17.8 Å². The minimum absolute atomic E-state index is 0.213. The Hall–Kier alpha value is -2.09. The van der Waals surface area contributed by atoms with E-state index in [9.17, 15) is 4.79 Å². The highest BCUT2D eigenvalue weighted by molar-refractivity contribution is 5.74. The summed E-state index contributed by atoms with van der Waals surface area (Å²) in [6.45, 7) is 2.19. The van der Waals surface area contributed by atoms with E-state index in [2.05, 4.69) is 19.1 Å². The summed E-state index contributed by atoms with van der Waals surface area (Å²) in [5.41, 5.74) is 3.20. The van der Waals surface area contributed by atoms with Gasteiger partial charge in [0.2, 0.25) is 0 Å². The number of hydrogen-bond donors (Lipinski definition) is 0. The summed E-state index contributed by atoms with van der Waals surface area (Å²) < 4.78 is 5.97. The Morgan fingerprint density at radius 1 is 1.10 bits per heavy atom. The molecule has 1 atom stereocenters. The molecule has 0 aliphatic carbocycles. The van der Waals surface area contributed by atoms with Crippen molar-refractivity contribution in [1.29, 1.82) is 0 Å². The van der Waals surface area contributed by atoms with Crippen molar-refractivity contribution in [1.82, 2.24) is 0 Å². The summed E-state index contributed by atoms with van der Waals surface area (Å²) in [5.74, 6) is 1.41. The highest BCUT2D eigenvalue weighted by atomic mass is 16.5. The van der Waals surface area contributed by atoms with Gasteiger partial charge in [-0.1, -0.05) is 43.7 Å². The molecule has 3 rings (SSSR count). The van der Waals surface area contributed by atoms with Crippen molar-refractivity contribution in [2.75, 3.05) is 0 Å². The molecule has 0 spiro atoms. The molecule has 0 saturated heterocycles. The minimum Gasteiger partial charge on any atom is -0.457 e. The number of fused-ring (bicyclic) bond motifs is 2. The second-order valence-corrected chi connectivity index (χ2v) is 5.23. The van der Waals surface area contributed by atoms with Crippen LogP contribution >= 0.6 is 0 Å². The highest BCUT2D eigenvalue weighted by Gasteiger charge is 2.26. The number of para-hydroxylation sites is 1. The molecule has 2 aromatic rings. The summed E-state index contributed by atoms with van der Waals surface area (Å²) in [5, 5.41) is 0.